The Morgan fingerprint density at radius 1 is 1.38 bits per heavy atom. The lowest BCUT2D eigenvalue weighted by Gasteiger charge is -1.94. The molecule has 0 aliphatic heterocycles. The van der Waals surface area contributed by atoms with Crippen LogP contribution in [0.1, 0.15) is 4.88 Å². The Balaban J connectivity index is 2.53. The van der Waals surface area contributed by atoms with Gasteiger partial charge in [0.2, 0.25) is 0 Å². The van der Waals surface area contributed by atoms with Gasteiger partial charge >= 0.3 is 0 Å². The average molecular weight is 234 g/mol. The fraction of sp³-hybridized carbons (Fsp3) is 0.182. The molecule has 1 aromatic heterocycles. The summed E-state index contributed by atoms with van der Waals surface area (Å²) in [5.74, 6) is 0. The van der Waals surface area contributed by atoms with Gasteiger partial charge in [-0.15, -0.1) is 0 Å². The first-order valence-electron chi connectivity index (χ1n) is 4.84. The van der Waals surface area contributed by atoms with Crippen molar-refractivity contribution in [3.05, 3.63) is 40.4 Å². The quantitative estimate of drug-likeness (QED) is 0.339. The van der Waals surface area contributed by atoms with Gasteiger partial charge in [-0.25, -0.2) is 4.74 Å². The standard InChI is InChI=1S/C11H12N3OS/c1-13(15)8-10-11(12-14(2)16-10)9-6-4-3-5-7-9/h3-8H,1-2H3/q+1/b13-8-. The summed E-state index contributed by atoms with van der Waals surface area (Å²) < 4.78 is 2.54. The van der Waals surface area contributed by atoms with Crippen LogP contribution in [0.4, 0.5) is 0 Å². The van der Waals surface area contributed by atoms with Crippen molar-refractivity contribution in [2.24, 2.45) is 7.05 Å². The molecule has 2 aromatic rings. The smallest absolute Gasteiger partial charge is 0.200 e. The van der Waals surface area contributed by atoms with E-state index >= 15 is 0 Å². The second kappa shape index (κ2) is 4.40. The molecule has 4 nitrogen and oxygen atoms in total. The van der Waals surface area contributed by atoms with E-state index < -0.39 is 0 Å². The second-order valence-electron chi connectivity index (χ2n) is 3.41. The van der Waals surface area contributed by atoms with Crippen LogP contribution in [0.5, 0.6) is 0 Å². The van der Waals surface area contributed by atoms with Crippen LogP contribution in [0.3, 0.4) is 0 Å². The molecule has 0 aliphatic rings. The van der Waals surface area contributed by atoms with Crippen LogP contribution in [0.2, 0.25) is 0 Å². The summed E-state index contributed by atoms with van der Waals surface area (Å²) in [6.45, 7) is 0. The van der Waals surface area contributed by atoms with E-state index in [9.17, 15) is 5.21 Å². The predicted molar refractivity (Wildman–Crippen MR) is 63.4 cm³/mol. The predicted octanol–water partition coefficient (Wildman–Crippen LogP) is 1.19. The first kappa shape index (κ1) is 10.8. The lowest BCUT2D eigenvalue weighted by atomic mass is 10.1. The minimum Gasteiger partial charge on any atom is -0.624 e. The van der Waals surface area contributed by atoms with E-state index in [1.165, 1.54) is 18.6 Å². The van der Waals surface area contributed by atoms with Crippen molar-refractivity contribution < 1.29 is 8.81 Å². The highest BCUT2D eigenvalue weighted by molar-refractivity contribution is 7.04. The largest absolute Gasteiger partial charge is 0.624 e. The number of rotatable bonds is 2. The molecule has 2 rings (SSSR count). The van der Waals surface area contributed by atoms with E-state index in [0.717, 1.165) is 20.9 Å². The summed E-state index contributed by atoms with van der Waals surface area (Å²) in [6, 6.07) is 9.84. The summed E-state index contributed by atoms with van der Waals surface area (Å²) >= 11 is 1.45. The summed E-state index contributed by atoms with van der Waals surface area (Å²) in [7, 11) is 3.33. The van der Waals surface area contributed by atoms with Crippen LogP contribution in [0.25, 0.3) is 11.3 Å². The number of aryl methyl sites for hydroxylation is 1. The van der Waals surface area contributed by atoms with Crippen molar-refractivity contribution in [3.63, 3.8) is 0 Å². The Hall–Kier alpha value is -1.75. The minimum absolute atomic E-state index is 0.792. The molecule has 0 fully saturated rings. The zero-order chi connectivity index (χ0) is 11.5. The number of hydrogen-bond donors (Lipinski definition) is 0. The van der Waals surface area contributed by atoms with E-state index in [0.29, 0.717) is 0 Å². The lowest BCUT2D eigenvalue weighted by Crippen LogP contribution is -2.25. The van der Waals surface area contributed by atoms with Gasteiger partial charge < -0.3 is 5.21 Å². The maximum absolute atomic E-state index is 11.0. The number of benzene rings is 1. The Bertz CT molecular complexity index is 515. The molecule has 16 heavy (non-hydrogen) atoms. The molecule has 0 bridgehead atoms. The third-order valence-electron chi connectivity index (χ3n) is 2.05. The van der Waals surface area contributed by atoms with Crippen LogP contribution in [0.15, 0.2) is 30.3 Å². The van der Waals surface area contributed by atoms with Crippen LogP contribution >= 0.6 is 11.5 Å². The molecule has 0 atom stereocenters. The lowest BCUT2D eigenvalue weighted by molar-refractivity contribution is -0.662. The van der Waals surface area contributed by atoms with Gasteiger partial charge in [-0.05, 0) is 4.07 Å². The summed E-state index contributed by atoms with van der Waals surface area (Å²) in [4.78, 5) is 0.867. The Morgan fingerprint density at radius 3 is 2.69 bits per heavy atom. The van der Waals surface area contributed by atoms with E-state index in [2.05, 4.69) is 5.10 Å². The monoisotopic (exact) mass is 234 g/mol. The van der Waals surface area contributed by atoms with E-state index in [1.807, 2.05) is 37.4 Å². The Morgan fingerprint density at radius 2 is 2.06 bits per heavy atom. The van der Waals surface area contributed by atoms with Crippen molar-refractivity contribution >= 4 is 17.7 Å². The van der Waals surface area contributed by atoms with Gasteiger partial charge in [0.05, 0.1) is 0 Å². The molecular weight excluding hydrogens is 222 g/mol. The third-order valence-corrected chi connectivity index (χ3v) is 2.89. The molecule has 5 heteroatoms. The van der Waals surface area contributed by atoms with Crippen molar-refractivity contribution in [3.8, 4) is 11.3 Å². The highest BCUT2D eigenvalue weighted by Gasteiger charge is 2.18. The molecule has 0 amide bonds. The number of hydrogen-bond acceptors (Lipinski definition) is 3. The van der Waals surface area contributed by atoms with Gasteiger partial charge in [0, 0.05) is 10.7 Å². The molecule has 0 saturated carbocycles. The van der Waals surface area contributed by atoms with Crippen molar-refractivity contribution in [1.82, 2.24) is 5.10 Å². The van der Waals surface area contributed by atoms with E-state index in [4.69, 9.17) is 0 Å². The molecule has 1 heterocycles. The highest BCUT2D eigenvalue weighted by Crippen LogP contribution is 2.20. The van der Waals surface area contributed by atoms with Gasteiger partial charge in [-0.3, -0.25) is 0 Å². The molecular formula is C11H12N3OS+. The third kappa shape index (κ3) is 2.25. The maximum Gasteiger partial charge on any atom is 0.200 e. The molecule has 0 saturated heterocycles. The highest BCUT2D eigenvalue weighted by atomic mass is 32.1. The van der Waals surface area contributed by atoms with Crippen molar-refractivity contribution in [2.45, 2.75) is 0 Å². The number of aromatic nitrogens is 2. The first-order valence-corrected chi connectivity index (χ1v) is 5.62. The second-order valence-corrected chi connectivity index (χ2v) is 4.56. The van der Waals surface area contributed by atoms with Gasteiger partial charge in [0.15, 0.2) is 35.4 Å². The van der Waals surface area contributed by atoms with Crippen LogP contribution in [-0.2, 0) is 7.05 Å². The maximum atomic E-state index is 11.0. The minimum atomic E-state index is 0.792. The molecule has 0 radical (unpaired) electrons. The first-order chi connectivity index (χ1) is 7.66. The topological polar surface area (TPSA) is 42.8 Å². The summed E-state index contributed by atoms with van der Waals surface area (Å²) in [6.07, 6.45) is 1.54. The molecule has 0 unspecified atom stereocenters. The Labute approximate surface area is 97.8 Å². The van der Waals surface area contributed by atoms with Crippen molar-refractivity contribution in [2.75, 3.05) is 7.05 Å². The zero-order valence-corrected chi connectivity index (χ0v) is 9.94. The van der Waals surface area contributed by atoms with Gasteiger partial charge in [-0.1, -0.05) is 30.3 Å². The van der Waals surface area contributed by atoms with Gasteiger partial charge in [-0.2, -0.15) is 0 Å². The van der Waals surface area contributed by atoms with E-state index in [1.54, 1.807) is 10.3 Å². The molecule has 1 aromatic carbocycles. The zero-order valence-electron chi connectivity index (χ0n) is 9.12. The summed E-state index contributed by atoms with van der Waals surface area (Å²) in [5.41, 5.74) is 1.86. The van der Waals surface area contributed by atoms with E-state index in [-0.39, 0.29) is 0 Å². The van der Waals surface area contributed by atoms with Crippen LogP contribution in [-0.4, -0.2) is 23.1 Å². The number of nitrogens with zero attached hydrogens (tertiary/aromatic N) is 3. The summed E-state index contributed by atoms with van der Waals surface area (Å²) in [5, 5.41) is 15.4. The normalized spacial score (nSPS) is 11.8. The molecule has 0 N–H and O–H groups in total. The average Bonchev–Trinajstić information content (AvgIpc) is 2.60. The SMILES string of the molecule is C/[N+]([O-])=C/c1s[n+](C)nc1-c1ccccc1. The van der Waals surface area contributed by atoms with Crippen LogP contribution < -0.4 is 4.07 Å². The fourth-order valence-corrected chi connectivity index (χ4v) is 2.29. The molecule has 0 aliphatic carbocycles. The van der Waals surface area contributed by atoms with Gasteiger partial charge in [0.1, 0.15) is 7.05 Å². The fourth-order valence-electron chi connectivity index (χ4n) is 1.44. The Kier molecular flexibility index (Phi) is 2.96. The molecule has 0 spiro atoms. The molecule has 82 valence electrons. The van der Waals surface area contributed by atoms with Gasteiger partial charge in [0.25, 0.3) is 0 Å². The number of hydroxylamine groups is 1. The van der Waals surface area contributed by atoms with Crippen LogP contribution in [0, 0.1) is 5.21 Å². The van der Waals surface area contributed by atoms with Crippen molar-refractivity contribution in [1.29, 1.82) is 0 Å².